The lowest BCUT2D eigenvalue weighted by Crippen LogP contribution is -2.38. The molecule has 0 aliphatic rings. The Hall–Kier alpha value is -3.61. The molecular weight excluding hydrogens is 417 g/mol. The van der Waals surface area contributed by atoms with Gasteiger partial charge < -0.3 is 10.2 Å². The highest BCUT2D eigenvalue weighted by Crippen LogP contribution is 2.34. The number of amides is 2. The van der Waals surface area contributed by atoms with Crippen molar-refractivity contribution < 1.29 is 22.8 Å². The van der Waals surface area contributed by atoms with E-state index in [1.165, 1.54) is 23.1 Å². The molecule has 0 spiro atoms. The zero-order chi connectivity index (χ0) is 23.1. The molecule has 0 aromatic heterocycles. The van der Waals surface area contributed by atoms with E-state index in [0.29, 0.717) is 0 Å². The van der Waals surface area contributed by atoms with Crippen molar-refractivity contribution in [2.24, 2.45) is 0 Å². The average Bonchev–Trinajstić information content (AvgIpc) is 2.78. The second kappa shape index (κ2) is 10.1. The number of para-hydroxylation sites is 1. The number of rotatable bonds is 7. The van der Waals surface area contributed by atoms with Crippen molar-refractivity contribution in [1.82, 2.24) is 4.90 Å². The quantitative estimate of drug-likeness (QED) is 0.535. The number of nitrogens with zero attached hydrogens (tertiary/aromatic N) is 1. The summed E-state index contributed by atoms with van der Waals surface area (Å²) in [5, 5.41) is 2.27. The van der Waals surface area contributed by atoms with Crippen LogP contribution in [0.4, 0.5) is 18.9 Å². The molecule has 166 valence electrons. The van der Waals surface area contributed by atoms with Crippen LogP contribution >= 0.6 is 0 Å². The molecule has 0 aliphatic carbocycles. The first-order chi connectivity index (χ1) is 15.3. The number of carbonyl (C=O) groups is 2. The molecule has 3 rings (SSSR count). The van der Waals surface area contributed by atoms with Crippen LogP contribution in [0.15, 0.2) is 78.9 Å². The van der Waals surface area contributed by atoms with Crippen molar-refractivity contribution in [2.45, 2.75) is 19.5 Å². The van der Waals surface area contributed by atoms with Gasteiger partial charge in [-0.25, -0.2) is 0 Å². The Morgan fingerprint density at radius 1 is 0.844 bits per heavy atom. The van der Waals surface area contributed by atoms with Crippen LogP contribution in [0.3, 0.4) is 0 Å². The first-order valence-corrected chi connectivity index (χ1v) is 10.2. The van der Waals surface area contributed by atoms with Gasteiger partial charge in [0.25, 0.3) is 0 Å². The van der Waals surface area contributed by atoms with E-state index >= 15 is 0 Å². The number of hydrogen-bond acceptors (Lipinski definition) is 2. The number of hydrogen-bond donors (Lipinski definition) is 1. The molecule has 32 heavy (non-hydrogen) atoms. The van der Waals surface area contributed by atoms with Crippen LogP contribution < -0.4 is 5.32 Å². The Morgan fingerprint density at radius 3 is 2.06 bits per heavy atom. The minimum atomic E-state index is -4.59. The van der Waals surface area contributed by atoms with Gasteiger partial charge in [0.15, 0.2) is 0 Å². The number of likely N-dealkylation sites (N-methyl/N-ethyl adjacent to an activating group) is 1. The monoisotopic (exact) mass is 440 g/mol. The third-order valence-corrected chi connectivity index (χ3v) is 4.99. The molecule has 3 aromatic carbocycles. The van der Waals surface area contributed by atoms with E-state index in [4.69, 9.17) is 0 Å². The molecule has 0 radical (unpaired) electrons. The summed E-state index contributed by atoms with van der Waals surface area (Å²) in [6, 6.07) is 22.1. The number of nitrogens with one attached hydrogen (secondary N) is 1. The fourth-order valence-electron chi connectivity index (χ4n) is 3.31. The van der Waals surface area contributed by atoms with Crippen LogP contribution in [0.2, 0.25) is 0 Å². The summed E-state index contributed by atoms with van der Waals surface area (Å²) in [5.41, 5.74) is 1.62. The summed E-state index contributed by atoms with van der Waals surface area (Å²) in [6.45, 7) is 1.65. The number of alkyl halides is 3. The molecule has 0 fully saturated rings. The molecule has 0 saturated heterocycles. The van der Waals surface area contributed by atoms with Gasteiger partial charge >= 0.3 is 6.18 Å². The first-order valence-electron chi connectivity index (χ1n) is 10.2. The summed E-state index contributed by atoms with van der Waals surface area (Å²) >= 11 is 0. The highest BCUT2D eigenvalue weighted by atomic mass is 19.4. The third kappa shape index (κ3) is 5.97. The lowest BCUT2D eigenvalue weighted by atomic mass is 10.0. The van der Waals surface area contributed by atoms with Crippen molar-refractivity contribution in [3.63, 3.8) is 0 Å². The van der Waals surface area contributed by atoms with Crippen LogP contribution in [0.5, 0.6) is 0 Å². The predicted octanol–water partition coefficient (Wildman–Crippen LogP) is 5.40. The van der Waals surface area contributed by atoms with Crippen molar-refractivity contribution in [1.29, 1.82) is 0 Å². The molecule has 2 amide bonds. The Kier molecular flexibility index (Phi) is 7.30. The summed E-state index contributed by atoms with van der Waals surface area (Å²) < 4.78 is 39.4. The van der Waals surface area contributed by atoms with Crippen molar-refractivity contribution in [3.05, 3.63) is 90.0 Å². The van der Waals surface area contributed by atoms with Crippen LogP contribution in [-0.4, -0.2) is 29.8 Å². The number of anilines is 1. The van der Waals surface area contributed by atoms with Gasteiger partial charge in [0.1, 0.15) is 0 Å². The first kappa shape index (κ1) is 23.1. The lowest BCUT2D eigenvalue weighted by Gasteiger charge is -2.21. The second-order valence-electron chi connectivity index (χ2n) is 7.24. The van der Waals surface area contributed by atoms with Gasteiger partial charge in [-0.3, -0.25) is 9.59 Å². The maximum Gasteiger partial charge on any atom is 0.418 e. The van der Waals surface area contributed by atoms with Gasteiger partial charge in [0.05, 0.1) is 24.2 Å². The number of carbonyl (C=O) groups excluding carboxylic acids is 2. The normalized spacial score (nSPS) is 11.1. The van der Waals surface area contributed by atoms with E-state index in [0.717, 1.165) is 22.8 Å². The van der Waals surface area contributed by atoms with E-state index < -0.39 is 17.6 Å². The SMILES string of the molecule is CCN(CC(=O)Nc1ccccc1C(F)(F)F)C(=O)Cc1ccc(-c2ccccc2)cc1. The minimum Gasteiger partial charge on any atom is -0.333 e. The average molecular weight is 440 g/mol. The van der Waals surface area contributed by atoms with E-state index in [2.05, 4.69) is 5.32 Å². The summed E-state index contributed by atoms with van der Waals surface area (Å²) in [4.78, 5) is 26.3. The minimum absolute atomic E-state index is 0.0926. The van der Waals surface area contributed by atoms with Crippen LogP contribution in [0.1, 0.15) is 18.1 Å². The van der Waals surface area contributed by atoms with Crippen molar-refractivity contribution in [3.8, 4) is 11.1 Å². The van der Waals surface area contributed by atoms with Gasteiger partial charge in [-0.1, -0.05) is 66.7 Å². The Labute approximate surface area is 184 Å². The fourth-order valence-corrected chi connectivity index (χ4v) is 3.31. The van der Waals surface area contributed by atoms with Crippen LogP contribution in [-0.2, 0) is 22.2 Å². The summed E-state index contributed by atoms with van der Waals surface area (Å²) in [7, 11) is 0. The molecule has 3 aromatic rings. The summed E-state index contributed by atoms with van der Waals surface area (Å²) in [5.74, 6) is -0.962. The fraction of sp³-hybridized carbons (Fsp3) is 0.200. The number of benzene rings is 3. The largest absolute Gasteiger partial charge is 0.418 e. The molecular formula is C25H23F3N2O2. The number of halogens is 3. The topological polar surface area (TPSA) is 49.4 Å². The van der Waals surface area contributed by atoms with Crippen molar-refractivity contribution >= 4 is 17.5 Å². The standard InChI is InChI=1S/C25H23F3N2O2/c1-2-30(17-23(31)29-22-11-7-6-10-21(22)25(26,27)28)24(32)16-18-12-14-20(15-13-18)19-8-4-3-5-9-19/h3-15H,2,16-17H2,1H3,(H,29,31). The molecule has 7 heteroatoms. The Bertz CT molecular complexity index is 1060. The van der Waals surface area contributed by atoms with E-state index in [1.807, 2.05) is 54.6 Å². The van der Waals surface area contributed by atoms with Gasteiger partial charge in [-0.05, 0) is 35.7 Å². The molecule has 0 bridgehead atoms. The smallest absolute Gasteiger partial charge is 0.333 e. The van der Waals surface area contributed by atoms with Gasteiger partial charge in [-0.15, -0.1) is 0 Å². The van der Waals surface area contributed by atoms with Crippen LogP contribution in [0.25, 0.3) is 11.1 Å². The zero-order valence-electron chi connectivity index (χ0n) is 17.5. The molecule has 0 unspecified atom stereocenters. The highest BCUT2D eigenvalue weighted by molar-refractivity contribution is 5.95. The molecule has 4 nitrogen and oxygen atoms in total. The van der Waals surface area contributed by atoms with E-state index in [1.54, 1.807) is 6.92 Å². The zero-order valence-corrected chi connectivity index (χ0v) is 17.5. The van der Waals surface area contributed by atoms with Crippen LogP contribution in [0, 0.1) is 0 Å². The van der Waals surface area contributed by atoms with Gasteiger partial charge in [-0.2, -0.15) is 13.2 Å². The molecule has 0 aliphatic heterocycles. The maximum absolute atomic E-state index is 13.1. The molecule has 1 N–H and O–H groups in total. The third-order valence-electron chi connectivity index (χ3n) is 4.99. The Balaban J connectivity index is 1.62. The predicted molar refractivity (Wildman–Crippen MR) is 118 cm³/mol. The molecule has 0 atom stereocenters. The second-order valence-corrected chi connectivity index (χ2v) is 7.24. The highest BCUT2D eigenvalue weighted by Gasteiger charge is 2.33. The molecule has 0 heterocycles. The van der Waals surface area contributed by atoms with Gasteiger partial charge in [0, 0.05) is 6.54 Å². The van der Waals surface area contributed by atoms with E-state index in [9.17, 15) is 22.8 Å². The van der Waals surface area contributed by atoms with Gasteiger partial charge in [0.2, 0.25) is 11.8 Å². The maximum atomic E-state index is 13.1. The summed E-state index contributed by atoms with van der Waals surface area (Å²) in [6.07, 6.45) is -4.49. The molecule has 0 saturated carbocycles. The van der Waals surface area contributed by atoms with E-state index in [-0.39, 0.29) is 31.1 Å². The Morgan fingerprint density at radius 2 is 1.44 bits per heavy atom. The lowest BCUT2D eigenvalue weighted by molar-refractivity contribution is -0.137. The van der Waals surface area contributed by atoms with Crippen molar-refractivity contribution in [2.75, 3.05) is 18.4 Å².